The molecule has 10 nitrogen and oxygen atoms in total. The van der Waals surface area contributed by atoms with Crippen LogP contribution < -0.4 is 18.9 Å². The highest BCUT2D eigenvalue weighted by molar-refractivity contribution is 6.92. The second-order valence-corrected chi connectivity index (χ2v) is 58.9. The summed E-state index contributed by atoms with van der Waals surface area (Å²) in [5, 5.41) is 3.29. The third kappa shape index (κ3) is 15.0. The average Bonchev–Trinajstić information content (AvgIpc) is 0.669. The minimum absolute atomic E-state index is 0.233. The van der Waals surface area contributed by atoms with Crippen molar-refractivity contribution >= 4 is 99.0 Å². The molecule has 2 heterocycles. The first kappa shape index (κ1) is 87.7. The first-order valence-corrected chi connectivity index (χ1v) is 52.2. The van der Waals surface area contributed by atoms with Crippen LogP contribution in [0.3, 0.4) is 0 Å². The molecule has 0 aliphatic carbocycles. The summed E-state index contributed by atoms with van der Waals surface area (Å²) in [6.45, 7) is 63.4. The summed E-state index contributed by atoms with van der Waals surface area (Å²) in [5.74, 6) is 15.8. The molecule has 0 N–H and O–H groups in total. The van der Waals surface area contributed by atoms with Crippen molar-refractivity contribution in [2.24, 2.45) is 0 Å². The summed E-state index contributed by atoms with van der Waals surface area (Å²) in [6, 6.07) is 37.6. The highest BCUT2D eigenvalue weighted by Crippen LogP contribution is 2.59. The lowest BCUT2D eigenvalue weighted by Crippen LogP contribution is -2.46. The molecule has 2 aliphatic heterocycles. The van der Waals surface area contributed by atoms with E-state index in [1.807, 2.05) is 125 Å². The van der Waals surface area contributed by atoms with Gasteiger partial charge in [0.15, 0.2) is 0 Å². The fourth-order valence-electron chi connectivity index (χ4n) is 21.4. The van der Waals surface area contributed by atoms with Crippen LogP contribution in [0.25, 0.3) is 43.1 Å². The van der Waals surface area contributed by atoms with E-state index in [4.69, 9.17) is 18.9 Å². The number of fused-ring (bicyclic) bond motifs is 2. The number of amides is 4. The van der Waals surface area contributed by atoms with Gasteiger partial charge in [0.05, 0.1) is 44.5 Å². The zero-order valence-corrected chi connectivity index (χ0v) is 78.6. The Bertz CT molecular complexity index is 4800. The van der Waals surface area contributed by atoms with Gasteiger partial charge >= 0.3 is 0 Å². The van der Waals surface area contributed by atoms with E-state index < -0.39 is 68.0 Å². The largest absolute Gasteiger partial charge is 0.455 e. The van der Waals surface area contributed by atoms with Gasteiger partial charge < -0.3 is 18.9 Å². The zero-order valence-electron chi connectivity index (χ0n) is 74.6. The third-order valence-corrected chi connectivity index (χ3v) is 52.3. The van der Waals surface area contributed by atoms with Crippen LogP contribution in [0.15, 0.2) is 121 Å². The van der Waals surface area contributed by atoms with Crippen LogP contribution >= 0.6 is 0 Å². The average molecular weight is 1620 g/mol. The number of carbonyl (C=O) groups is 4. The Morgan fingerprint density at radius 2 is 0.422 bits per heavy atom. The molecular weight excluding hydrogens is 1490 g/mol. The molecule has 608 valence electrons. The predicted octanol–water partition coefficient (Wildman–Crippen LogP) is 28.8. The van der Waals surface area contributed by atoms with E-state index in [0.29, 0.717) is 181 Å². The molecule has 14 heteroatoms. The lowest BCUT2D eigenvalue weighted by Gasteiger charge is -2.38. The number of carbonyl (C=O) groups excluding carboxylic acids is 4. The van der Waals surface area contributed by atoms with E-state index in [1.165, 1.54) is 9.80 Å². The normalized spacial score (nSPS) is 13.6. The Balaban J connectivity index is 1.45. The van der Waals surface area contributed by atoms with Crippen LogP contribution in [0, 0.1) is 45.9 Å². The van der Waals surface area contributed by atoms with Crippen molar-refractivity contribution in [3.8, 4) is 91.9 Å². The van der Waals surface area contributed by atoms with Crippen LogP contribution in [0.4, 0.5) is 0 Å². The zero-order chi connectivity index (χ0) is 84.9. The second kappa shape index (κ2) is 34.8. The van der Waals surface area contributed by atoms with Gasteiger partial charge in [0, 0.05) is 55.2 Å². The summed E-state index contributed by atoms with van der Waals surface area (Å²) in [7, 11) is -9.53. The van der Waals surface area contributed by atoms with Crippen molar-refractivity contribution < 1.29 is 38.1 Å². The van der Waals surface area contributed by atoms with Crippen molar-refractivity contribution in [3.05, 3.63) is 166 Å². The molecule has 11 rings (SSSR count). The van der Waals surface area contributed by atoms with E-state index in [0.717, 1.165) is 0 Å². The molecule has 9 aromatic carbocycles. The number of para-hydroxylation sites is 4. The summed E-state index contributed by atoms with van der Waals surface area (Å²) < 4.78 is 31.3. The van der Waals surface area contributed by atoms with Crippen molar-refractivity contribution in [1.29, 1.82) is 0 Å². The lowest BCUT2D eigenvalue weighted by molar-refractivity contribution is 0.0514. The molecule has 9 aromatic rings. The first-order valence-electron chi connectivity index (χ1n) is 43.3. The Hall–Kier alpha value is -9.13. The number of rotatable bonds is 26. The van der Waals surface area contributed by atoms with Gasteiger partial charge in [-0.1, -0.05) is 266 Å². The second-order valence-electron chi connectivity index (χ2n) is 36.6. The predicted molar refractivity (Wildman–Crippen MR) is 495 cm³/mol. The molecule has 0 atom stereocenters. The molecule has 0 saturated carbocycles. The first-order chi connectivity index (χ1) is 54.9. The Kier molecular flexibility index (Phi) is 26.3. The third-order valence-electron chi connectivity index (χ3n) is 27.1. The minimum atomic E-state index is -2.38. The van der Waals surface area contributed by atoms with Gasteiger partial charge in [-0.05, 0) is 165 Å². The number of ether oxygens (including phenoxy) is 4. The maximum Gasteiger partial charge on any atom is 0.261 e. The Morgan fingerprint density at radius 3 is 0.586 bits per heavy atom. The highest BCUT2D eigenvalue weighted by atomic mass is 28.3. The molecule has 4 amide bonds. The molecule has 0 spiro atoms. The standard InChI is InChI=1S/C102H126N2O8Si4/c1-29-77(30-2)103-99(105)79-57-87(109-83-45-37-33-41-73(83)49-53-113(61(5)6,62(7)8)63(9)10)93-95-89(111-85-47-39-35-43-75(85)51-55-115(67(17)18,68(19)20)69(21)22)59-81-92-82(102(108)104(101(81)107)78(31-3)32-4)60-90(112-86-48-40-36-44-76(86)52-56-116(70(23)24,71(25)26)72(27)28)96(98(92)95)94-88(58-80(100(103)106)91(79)97(93)94)110-84-46-38-34-42-74(84)50-54-114(64(11)12,65(13)14)66(15)16/h33-48,57-72,77-78H,29-32H2,1-28H3. The van der Waals surface area contributed by atoms with Gasteiger partial charge in [0.1, 0.15) is 78.3 Å². The molecule has 0 aromatic heterocycles. The summed E-state index contributed by atoms with van der Waals surface area (Å²) in [4.78, 5) is 69.0. The van der Waals surface area contributed by atoms with E-state index >= 15 is 19.2 Å². The van der Waals surface area contributed by atoms with Gasteiger partial charge in [0.2, 0.25) is 0 Å². The summed E-state index contributed by atoms with van der Waals surface area (Å²) in [5.41, 5.74) is 23.4. The van der Waals surface area contributed by atoms with Crippen molar-refractivity contribution in [2.75, 3.05) is 0 Å². The number of imide groups is 2. The fourth-order valence-corrected chi connectivity index (χ4v) is 42.2. The van der Waals surface area contributed by atoms with Crippen LogP contribution in [-0.2, 0) is 0 Å². The molecule has 2 aliphatic rings. The molecule has 0 saturated heterocycles. The number of hydrogen-bond acceptors (Lipinski definition) is 8. The van der Waals surface area contributed by atoms with Gasteiger partial charge in [-0.15, -0.1) is 22.2 Å². The van der Waals surface area contributed by atoms with Crippen LogP contribution in [0.1, 0.15) is 283 Å². The van der Waals surface area contributed by atoms with Crippen LogP contribution in [-0.4, -0.2) is 77.8 Å². The summed E-state index contributed by atoms with van der Waals surface area (Å²) >= 11 is 0. The fraction of sp³-hybridized carbons (Fsp3) is 0.451. The summed E-state index contributed by atoms with van der Waals surface area (Å²) in [6.07, 6.45) is 1.97. The highest BCUT2D eigenvalue weighted by Gasteiger charge is 2.48. The minimum Gasteiger partial charge on any atom is -0.455 e. The van der Waals surface area contributed by atoms with E-state index in [2.05, 4.69) is 212 Å². The van der Waals surface area contributed by atoms with Gasteiger partial charge in [-0.2, -0.15) is 0 Å². The SMILES string of the molecule is CCC(CC)N1C(=O)c2cc(Oc3ccccc3C#C[Si](C(C)C)(C(C)C)C(C)C)c3c4c(Oc5ccccc5C#C[Si](C(C)C)(C(C)C)C(C)C)cc5c6c(cc(Oc7ccccc7C#C[Si](C(C)C)(C(C)C)C(C)C)c(c7c(Oc8ccccc8C#C[Si](C(C)C)(C(C)C)C(C)C)cc(c2c37)C1=O)c64)C(=O)N(C(CC)CC)C5=O. The molecule has 0 bridgehead atoms. The lowest BCUT2D eigenvalue weighted by atomic mass is 9.80. The Labute approximate surface area is 698 Å². The number of nitrogens with zero attached hydrogens (tertiary/aromatic N) is 2. The van der Waals surface area contributed by atoms with Gasteiger partial charge in [-0.25, -0.2) is 0 Å². The quantitative estimate of drug-likeness (QED) is 0.0173. The maximum atomic E-state index is 16.5. The van der Waals surface area contributed by atoms with E-state index in [-0.39, 0.29) is 45.3 Å². The van der Waals surface area contributed by atoms with Gasteiger partial charge in [0.25, 0.3) is 23.6 Å². The monoisotopic (exact) mass is 1620 g/mol. The Morgan fingerprint density at radius 1 is 0.250 bits per heavy atom. The molecule has 116 heavy (non-hydrogen) atoms. The molecule has 0 radical (unpaired) electrons. The van der Waals surface area contributed by atoms with Gasteiger partial charge in [-0.3, -0.25) is 29.0 Å². The number of benzene rings is 9. The topological polar surface area (TPSA) is 112 Å². The smallest absolute Gasteiger partial charge is 0.261 e. The maximum absolute atomic E-state index is 16.5. The molecular formula is C102H126N2O8Si4. The number of hydrogen-bond donors (Lipinski definition) is 0. The molecule has 0 unspecified atom stereocenters. The van der Waals surface area contributed by atoms with E-state index in [9.17, 15) is 0 Å². The molecule has 0 fully saturated rings. The van der Waals surface area contributed by atoms with Crippen LogP contribution in [0.2, 0.25) is 66.5 Å². The van der Waals surface area contributed by atoms with Crippen molar-refractivity contribution in [3.63, 3.8) is 0 Å². The van der Waals surface area contributed by atoms with Crippen LogP contribution in [0.5, 0.6) is 46.0 Å². The van der Waals surface area contributed by atoms with Crippen molar-refractivity contribution in [1.82, 2.24) is 9.80 Å². The van der Waals surface area contributed by atoms with E-state index in [1.54, 1.807) is 24.3 Å². The van der Waals surface area contributed by atoms with Crippen molar-refractivity contribution in [2.45, 2.75) is 298 Å².